The van der Waals surface area contributed by atoms with E-state index in [2.05, 4.69) is 31.8 Å². The highest BCUT2D eigenvalue weighted by Crippen LogP contribution is 2.40. The van der Waals surface area contributed by atoms with Crippen molar-refractivity contribution in [2.24, 2.45) is 0 Å². The molecule has 200 valence electrons. The largest absolute Gasteiger partial charge is 0.361 e. The minimum absolute atomic E-state index is 0.0851. The van der Waals surface area contributed by atoms with E-state index < -0.39 is 8.07 Å². The molecule has 1 aromatic heterocycles. The Bertz CT molecular complexity index is 1860. The van der Waals surface area contributed by atoms with Crippen molar-refractivity contribution in [3.05, 3.63) is 76.3 Å². The normalized spacial score (nSPS) is 11.7. The second-order valence-corrected chi connectivity index (χ2v) is 17.4. The van der Waals surface area contributed by atoms with Crippen molar-refractivity contribution in [2.75, 3.05) is 6.61 Å². The maximum absolute atomic E-state index is 11.9. The number of imidazole rings is 1. The Morgan fingerprint density at radius 1 is 0.975 bits per heavy atom. The van der Waals surface area contributed by atoms with Crippen molar-refractivity contribution in [3.63, 3.8) is 0 Å². The molecule has 0 amide bonds. The first-order valence-electron chi connectivity index (χ1n) is 13.2. The van der Waals surface area contributed by atoms with Gasteiger partial charge in [0.2, 0.25) is 0 Å². The molecule has 0 saturated heterocycles. The summed E-state index contributed by atoms with van der Waals surface area (Å²) < 4.78 is 8.23. The zero-order valence-corrected chi connectivity index (χ0v) is 24.8. The third kappa shape index (κ3) is 5.24. The molecule has 4 aromatic carbocycles. The van der Waals surface area contributed by atoms with Crippen molar-refractivity contribution in [1.29, 1.82) is 10.5 Å². The molecule has 0 radical (unpaired) electrons. The number of Topliss-reactive ketones (excluding diaryl/α,β-unsaturated/α-hetero) is 1. The van der Waals surface area contributed by atoms with Gasteiger partial charge in [-0.3, -0.25) is 9.36 Å². The first-order valence-corrected chi connectivity index (χ1v) is 17.2. The number of hydrogen-bond donors (Lipinski definition) is 0. The molecule has 5 aromatic rings. The zero-order valence-electron chi connectivity index (χ0n) is 23.0. The fourth-order valence-corrected chi connectivity index (χ4v) is 6.04. The van der Waals surface area contributed by atoms with Gasteiger partial charge in [0.1, 0.15) is 18.3 Å². The van der Waals surface area contributed by atoms with E-state index in [0.29, 0.717) is 40.6 Å². The summed E-state index contributed by atoms with van der Waals surface area (Å²) in [5.74, 6) is 0.593. The van der Waals surface area contributed by atoms with E-state index in [1.807, 2.05) is 41.0 Å². The number of rotatable bonds is 8. The summed E-state index contributed by atoms with van der Waals surface area (Å²) in [6.07, 6.45) is 0.335. The van der Waals surface area contributed by atoms with E-state index in [1.54, 1.807) is 25.1 Å². The molecule has 40 heavy (non-hydrogen) atoms. The van der Waals surface area contributed by atoms with Crippen LogP contribution in [-0.4, -0.2) is 30.0 Å². The van der Waals surface area contributed by atoms with E-state index in [-0.39, 0.29) is 12.5 Å². The minimum Gasteiger partial charge on any atom is -0.361 e. The van der Waals surface area contributed by atoms with Crippen LogP contribution in [-0.2, 0) is 22.7 Å². The van der Waals surface area contributed by atoms with Gasteiger partial charge in [0.15, 0.2) is 0 Å². The lowest BCUT2D eigenvalue weighted by molar-refractivity contribution is -0.116. The molecule has 0 atom stereocenters. The first kappa shape index (κ1) is 27.5. The second kappa shape index (κ2) is 10.9. The quantitative estimate of drug-likeness (QED) is 0.109. The number of benzene rings is 4. The summed E-state index contributed by atoms with van der Waals surface area (Å²) >= 11 is 6.49. The SMILES string of the molecule is CC(=O)Cc1ccc2c(c1)c1cc(Cl)ccc1c1c2nc(-c2c(C#N)cccc2C#N)n1COCC[Si](C)(C)C. The molecule has 0 aliphatic carbocycles. The molecule has 0 aliphatic rings. The van der Waals surface area contributed by atoms with Crippen LogP contribution in [0.1, 0.15) is 23.6 Å². The fraction of sp³-hybridized carbons (Fsp3) is 0.250. The van der Waals surface area contributed by atoms with Crippen molar-refractivity contribution in [2.45, 2.75) is 45.8 Å². The number of ketones is 1. The van der Waals surface area contributed by atoms with Crippen molar-refractivity contribution >= 4 is 58.0 Å². The Balaban J connectivity index is 1.87. The van der Waals surface area contributed by atoms with Crippen LogP contribution in [0.15, 0.2) is 54.6 Å². The minimum atomic E-state index is -1.32. The number of halogens is 1. The fourth-order valence-electron chi connectivity index (χ4n) is 5.11. The summed E-state index contributed by atoms with van der Waals surface area (Å²) in [5.41, 5.74) is 3.73. The van der Waals surface area contributed by atoms with Gasteiger partial charge in [-0.05, 0) is 53.6 Å². The Hall–Kier alpha value is -4.01. The van der Waals surface area contributed by atoms with Gasteiger partial charge in [-0.15, -0.1) is 0 Å². The number of fused-ring (bicyclic) bond motifs is 6. The molecule has 8 heteroatoms. The molecule has 0 aliphatic heterocycles. The van der Waals surface area contributed by atoms with Crippen molar-refractivity contribution < 1.29 is 9.53 Å². The molecule has 0 spiro atoms. The van der Waals surface area contributed by atoms with Crippen LogP contribution >= 0.6 is 11.6 Å². The van der Waals surface area contributed by atoms with Crippen LogP contribution in [0.2, 0.25) is 30.7 Å². The average molecular weight is 565 g/mol. The van der Waals surface area contributed by atoms with Gasteiger partial charge in [-0.25, -0.2) is 4.98 Å². The zero-order chi connectivity index (χ0) is 28.6. The average Bonchev–Trinajstić information content (AvgIpc) is 3.28. The standard InChI is InChI=1S/C32H29ClN4O2Si/c1-20(38)14-21-8-10-25-27(15-21)28-16-24(33)9-11-26(28)31-30(25)36-32(37(31)19-39-12-13-40(2,3)4)29-22(17-34)6-5-7-23(29)18-35/h5-11,15-16H,12-14,19H2,1-4H3. The summed E-state index contributed by atoms with van der Waals surface area (Å²) in [7, 11) is -1.32. The Morgan fingerprint density at radius 2 is 1.65 bits per heavy atom. The van der Waals surface area contributed by atoms with E-state index in [0.717, 1.165) is 44.2 Å². The molecule has 0 N–H and O–H groups in total. The lowest BCUT2D eigenvalue weighted by Crippen LogP contribution is -2.22. The van der Waals surface area contributed by atoms with Crippen LogP contribution in [0.25, 0.3) is 44.0 Å². The van der Waals surface area contributed by atoms with Crippen LogP contribution in [0.5, 0.6) is 0 Å². The van der Waals surface area contributed by atoms with Gasteiger partial charge in [0, 0.05) is 36.9 Å². The highest BCUT2D eigenvalue weighted by molar-refractivity contribution is 6.76. The van der Waals surface area contributed by atoms with Gasteiger partial charge in [0.25, 0.3) is 0 Å². The molecule has 0 bridgehead atoms. The van der Waals surface area contributed by atoms with Crippen LogP contribution < -0.4 is 0 Å². The highest BCUT2D eigenvalue weighted by atomic mass is 35.5. The number of aromatic nitrogens is 2. The second-order valence-electron chi connectivity index (χ2n) is 11.3. The third-order valence-electron chi connectivity index (χ3n) is 7.03. The number of carbonyl (C=O) groups excluding carboxylic acids is 1. The maximum atomic E-state index is 11.9. The lowest BCUT2D eigenvalue weighted by Gasteiger charge is -2.17. The highest BCUT2D eigenvalue weighted by Gasteiger charge is 2.23. The Morgan fingerprint density at radius 3 is 2.30 bits per heavy atom. The monoisotopic (exact) mass is 564 g/mol. The molecule has 0 fully saturated rings. The number of ether oxygens (including phenoxy) is 1. The predicted molar refractivity (Wildman–Crippen MR) is 163 cm³/mol. The first-order chi connectivity index (χ1) is 19.1. The number of nitrogens with zero attached hydrogens (tertiary/aromatic N) is 4. The smallest absolute Gasteiger partial charge is 0.145 e. The number of hydrogen-bond acceptors (Lipinski definition) is 5. The number of nitriles is 2. The summed E-state index contributed by atoms with van der Waals surface area (Å²) in [6, 6.07) is 22.3. The number of carbonyl (C=O) groups is 1. The van der Waals surface area contributed by atoms with Crippen LogP contribution in [0.4, 0.5) is 0 Å². The third-order valence-corrected chi connectivity index (χ3v) is 8.97. The summed E-state index contributed by atoms with van der Waals surface area (Å²) in [5, 5.41) is 24.3. The Kier molecular flexibility index (Phi) is 7.48. The molecule has 0 saturated carbocycles. The molecule has 0 unspecified atom stereocenters. The van der Waals surface area contributed by atoms with E-state index in [1.165, 1.54) is 0 Å². The van der Waals surface area contributed by atoms with Crippen LogP contribution in [0.3, 0.4) is 0 Å². The predicted octanol–water partition coefficient (Wildman–Crippen LogP) is 7.85. The van der Waals surface area contributed by atoms with E-state index in [9.17, 15) is 15.3 Å². The molecular weight excluding hydrogens is 536 g/mol. The summed E-state index contributed by atoms with van der Waals surface area (Å²) in [6.45, 7) is 9.32. The van der Waals surface area contributed by atoms with Crippen molar-refractivity contribution in [1.82, 2.24) is 9.55 Å². The Labute approximate surface area is 239 Å². The van der Waals surface area contributed by atoms with Crippen molar-refractivity contribution in [3.8, 4) is 23.5 Å². The molecule has 1 heterocycles. The molecule has 5 rings (SSSR count). The topological polar surface area (TPSA) is 91.7 Å². The maximum Gasteiger partial charge on any atom is 0.145 e. The van der Waals surface area contributed by atoms with Gasteiger partial charge in [0.05, 0.1) is 39.9 Å². The molecule has 6 nitrogen and oxygen atoms in total. The summed E-state index contributed by atoms with van der Waals surface area (Å²) in [4.78, 5) is 17.0. The van der Waals surface area contributed by atoms with Gasteiger partial charge in [-0.1, -0.05) is 61.6 Å². The lowest BCUT2D eigenvalue weighted by atomic mass is 9.97. The van der Waals surface area contributed by atoms with Gasteiger partial charge < -0.3 is 4.74 Å². The van der Waals surface area contributed by atoms with Gasteiger partial charge >= 0.3 is 0 Å². The van der Waals surface area contributed by atoms with E-state index in [4.69, 9.17) is 21.3 Å². The molecular formula is C32H29ClN4O2Si. The van der Waals surface area contributed by atoms with E-state index >= 15 is 0 Å². The van der Waals surface area contributed by atoms with Crippen LogP contribution in [0, 0.1) is 22.7 Å². The van der Waals surface area contributed by atoms with Gasteiger partial charge in [-0.2, -0.15) is 10.5 Å².